The van der Waals surface area contributed by atoms with Crippen LogP contribution in [0, 0.1) is 0 Å². The standard InChI is InChI=1S/C41H33NSi/c1-40(2,3)42-34-22-10-6-18-30(34)41(31-19-7-11-23-35(31)42)32-20-8-14-26-38(32)43(39-27-15-9-21-33(39)41)36-24-12-4-16-28(36)29-17-5-13-25-37(29)43/h4-27H,1-3H3. The van der Waals surface area contributed by atoms with E-state index in [0.717, 1.165) is 0 Å². The Kier molecular flexibility index (Phi) is 4.90. The minimum Gasteiger partial charge on any atom is -0.336 e. The fraction of sp³-hybridized carbons (Fsp3) is 0.122. The van der Waals surface area contributed by atoms with Crippen LogP contribution in [0.4, 0.5) is 11.4 Å². The summed E-state index contributed by atoms with van der Waals surface area (Å²) in [6.45, 7) is 6.99. The smallest absolute Gasteiger partial charge is 0.181 e. The number of rotatable bonds is 0. The van der Waals surface area contributed by atoms with E-state index in [1.54, 1.807) is 0 Å². The summed E-state index contributed by atoms with van der Waals surface area (Å²) in [6.07, 6.45) is 0. The molecule has 6 aromatic carbocycles. The third-order valence-corrected chi connectivity index (χ3v) is 15.2. The van der Waals surface area contributed by atoms with Crippen LogP contribution in [-0.4, -0.2) is 13.6 Å². The molecule has 43 heavy (non-hydrogen) atoms. The predicted octanol–water partition coefficient (Wildman–Crippen LogP) is 6.99. The second-order valence-corrected chi connectivity index (χ2v) is 16.9. The van der Waals surface area contributed by atoms with E-state index in [-0.39, 0.29) is 5.54 Å². The molecule has 0 atom stereocenters. The van der Waals surface area contributed by atoms with Crippen LogP contribution in [0.3, 0.4) is 0 Å². The molecule has 0 N–H and O–H groups in total. The van der Waals surface area contributed by atoms with Crippen molar-refractivity contribution in [1.29, 1.82) is 0 Å². The highest BCUT2D eigenvalue weighted by Crippen LogP contribution is 2.58. The molecule has 206 valence electrons. The van der Waals surface area contributed by atoms with Crippen molar-refractivity contribution in [2.75, 3.05) is 4.90 Å². The Morgan fingerprint density at radius 2 is 0.767 bits per heavy atom. The molecule has 1 nitrogen and oxygen atoms in total. The van der Waals surface area contributed by atoms with Gasteiger partial charge in [0.15, 0.2) is 8.07 Å². The Balaban J connectivity index is 1.51. The lowest BCUT2D eigenvalue weighted by molar-refractivity contribution is 0.543. The fourth-order valence-corrected chi connectivity index (χ4v) is 14.6. The first kappa shape index (κ1) is 24.9. The molecule has 3 heterocycles. The largest absolute Gasteiger partial charge is 0.336 e. The molecule has 2 spiro atoms. The van der Waals surface area contributed by atoms with Crippen LogP contribution < -0.4 is 25.6 Å². The molecular formula is C41H33NSi. The van der Waals surface area contributed by atoms with Crippen LogP contribution in [-0.2, 0) is 5.41 Å². The first-order valence-corrected chi connectivity index (χ1v) is 17.4. The van der Waals surface area contributed by atoms with Gasteiger partial charge in [-0.05, 0) is 87.0 Å². The minimum atomic E-state index is -2.62. The van der Waals surface area contributed by atoms with Gasteiger partial charge in [0.05, 0.1) is 5.41 Å². The van der Waals surface area contributed by atoms with Crippen molar-refractivity contribution in [2.45, 2.75) is 31.7 Å². The summed E-state index contributed by atoms with van der Waals surface area (Å²) in [5.41, 5.74) is 10.4. The number of hydrogen-bond acceptors (Lipinski definition) is 1. The highest BCUT2D eigenvalue weighted by Gasteiger charge is 2.60. The number of nitrogens with zero attached hydrogens (tertiary/aromatic N) is 1. The maximum atomic E-state index is 2.57. The van der Waals surface area contributed by atoms with Crippen LogP contribution in [0.2, 0.25) is 0 Å². The van der Waals surface area contributed by atoms with E-state index in [9.17, 15) is 0 Å². The van der Waals surface area contributed by atoms with Gasteiger partial charge in [-0.1, -0.05) is 133 Å². The molecule has 9 rings (SSSR count). The third kappa shape index (κ3) is 2.88. The van der Waals surface area contributed by atoms with Gasteiger partial charge in [-0.25, -0.2) is 0 Å². The van der Waals surface area contributed by atoms with Crippen LogP contribution >= 0.6 is 0 Å². The Labute approximate surface area is 255 Å². The SMILES string of the molecule is CC(C)(C)N1c2ccccc2C2(c3ccccc31)c1ccccc1[Si]1(c3ccccc3-c3ccccc31)c1ccccc12. The van der Waals surface area contributed by atoms with Crippen molar-refractivity contribution >= 4 is 40.2 Å². The molecule has 0 unspecified atom stereocenters. The van der Waals surface area contributed by atoms with Crippen molar-refractivity contribution in [1.82, 2.24) is 0 Å². The van der Waals surface area contributed by atoms with E-state index in [1.807, 2.05) is 0 Å². The molecular weight excluding hydrogens is 535 g/mol. The van der Waals surface area contributed by atoms with Gasteiger partial charge in [0.25, 0.3) is 0 Å². The zero-order valence-electron chi connectivity index (χ0n) is 24.8. The van der Waals surface area contributed by atoms with Gasteiger partial charge in [-0.3, -0.25) is 0 Å². The lowest BCUT2D eigenvalue weighted by Gasteiger charge is -2.54. The van der Waals surface area contributed by atoms with E-state index < -0.39 is 13.5 Å². The molecule has 6 aromatic rings. The van der Waals surface area contributed by atoms with Gasteiger partial charge in [-0.15, -0.1) is 0 Å². The molecule has 0 radical (unpaired) electrons. The summed E-state index contributed by atoms with van der Waals surface area (Å²) < 4.78 is 0. The van der Waals surface area contributed by atoms with Gasteiger partial charge in [0.1, 0.15) is 0 Å². The number of anilines is 2. The summed E-state index contributed by atoms with van der Waals surface area (Å²) in [7, 11) is -2.62. The van der Waals surface area contributed by atoms with Crippen LogP contribution in [0.1, 0.15) is 43.0 Å². The zero-order chi connectivity index (χ0) is 29.0. The molecule has 3 aliphatic rings. The van der Waals surface area contributed by atoms with Gasteiger partial charge < -0.3 is 4.90 Å². The Morgan fingerprint density at radius 1 is 0.419 bits per heavy atom. The second kappa shape index (κ2) is 8.46. The monoisotopic (exact) mass is 567 g/mol. The van der Waals surface area contributed by atoms with Crippen molar-refractivity contribution < 1.29 is 0 Å². The Morgan fingerprint density at radius 3 is 1.21 bits per heavy atom. The summed E-state index contributed by atoms with van der Waals surface area (Å²) in [4.78, 5) is 2.57. The first-order chi connectivity index (χ1) is 21.0. The topological polar surface area (TPSA) is 3.24 Å². The molecule has 0 bridgehead atoms. The average Bonchev–Trinajstić information content (AvgIpc) is 3.33. The van der Waals surface area contributed by atoms with Crippen molar-refractivity contribution in [3.05, 3.63) is 168 Å². The molecule has 0 fully saturated rings. The molecule has 0 saturated carbocycles. The molecule has 3 aliphatic heterocycles. The van der Waals surface area contributed by atoms with Crippen molar-refractivity contribution in [3.8, 4) is 11.1 Å². The van der Waals surface area contributed by atoms with Crippen molar-refractivity contribution in [3.63, 3.8) is 0 Å². The molecule has 0 aliphatic carbocycles. The van der Waals surface area contributed by atoms with E-state index in [4.69, 9.17) is 0 Å². The Bertz CT molecular complexity index is 1950. The van der Waals surface area contributed by atoms with E-state index in [0.29, 0.717) is 0 Å². The summed E-state index contributed by atoms with van der Waals surface area (Å²) >= 11 is 0. The maximum Gasteiger partial charge on any atom is 0.181 e. The fourth-order valence-electron chi connectivity index (χ4n) is 8.93. The lowest BCUT2D eigenvalue weighted by atomic mass is 9.61. The maximum absolute atomic E-state index is 2.62. The van der Waals surface area contributed by atoms with Crippen LogP contribution in [0.25, 0.3) is 11.1 Å². The summed E-state index contributed by atoms with van der Waals surface area (Å²) in [5.74, 6) is 0. The van der Waals surface area contributed by atoms with Crippen molar-refractivity contribution in [2.24, 2.45) is 0 Å². The molecule has 0 aromatic heterocycles. The zero-order valence-corrected chi connectivity index (χ0v) is 25.8. The van der Waals surface area contributed by atoms with E-state index >= 15 is 0 Å². The average molecular weight is 568 g/mol. The van der Waals surface area contributed by atoms with Crippen LogP contribution in [0.5, 0.6) is 0 Å². The molecule has 0 saturated heterocycles. The van der Waals surface area contributed by atoms with Gasteiger partial charge in [-0.2, -0.15) is 0 Å². The van der Waals surface area contributed by atoms with Crippen LogP contribution in [0.15, 0.2) is 146 Å². The molecule has 0 amide bonds. The van der Waals surface area contributed by atoms with Gasteiger partial charge in [0.2, 0.25) is 0 Å². The molecule has 2 heteroatoms. The lowest BCUT2D eigenvalue weighted by Crippen LogP contribution is -2.78. The van der Waals surface area contributed by atoms with Gasteiger partial charge in [0, 0.05) is 16.9 Å². The summed E-state index contributed by atoms with van der Waals surface area (Å²) in [5, 5.41) is 6.05. The normalized spacial score (nSPS) is 16.1. The summed E-state index contributed by atoms with van der Waals surface area (Å²) in [6, 6.07) is 55.8. The highest BCUT2D eigenvalue weighted by atomic mass is 28.3. The third-order valence-electron chi connectivity index (χ3n) is 10.2. The second-order valence-electron chi connectivity index (χ2n) is 13.2. The quantitative estimate of drug-likeness (QED) is 0.179. The number of para-hydroxylation sites is 2. The van der Waals surface area contributed by atoms with E-state index in [2.05, 4.69) is 171 Å². The van der Waals surface area contributed by atoms with E-state index in [1.165, 1.54) is 65.5 Å². The van der Waals surface area contributed by atoms with Gasteiger partial charge >= 0.3 is 0 Å². The number of benzene rings is 6. The number of fused-ring (bicyclic) bond motifs is 15. The highest BCUT2D eigenvalue weighted by molar-refractivity contribution is 7.22. The minimum absolute atomic E-state index is 0.0964. The first-order valence-electron chi connectivity index (χ1n) is 15.4. The number of hydrogen-bond donors (Lipinski definition) is 0. The predicted molar refractivity (Wildman–Crippen MR) is 183 cm³/mol. The Hall–Kier alpha value is -4.66.